The summed E-state index contributed by atoms with van der Waals surface area (Å²) >= 11 is 0. The monoisotopic (exact) mass is 436 g/mol. The van der Waals surface area contributed by atoms with Crippen LogP contribution in [0.5, 0.6) is 5.75 Å². The Labute approximate surface area is 186 Å². The molecule has 1 fully saturated rings. The van der Waals surface area contributed by atoms with E-state index in [2.05, 4.69) is 9.97 Å². The van der Waals surface area contributed by atoms with Gasteiger partial charge in [-0.2, -0.15) is 0 Å². The number of carbonyl (C=O) groups excluding carboxylic acids is 1. The number of morpholine rings is 1. The van der Waals surface area contributed by atoms with Gasteiger partial charge in [0.05, 0.1) is 49.3 Å². The molecule has 7 nitrogen and oxygen atoms in total. The Morgan fingerprint density at radius 1 is 1.28 bits per heavy atom. The molecule has 1 aliphatic rings. The molecule has 1 aromatic carbocycles. The average Bonchev–Trinajstić information content (AvgIpc) is 3.22. The summed E-state index contributed by atoms with van der Waals surface area (Å²) in [6.45, 7) is 6.11. The lowest BCUT2D eigenvalue weighted by Crippen LogP contribution is -2.45. The van der Waals surface area contributed by atoms with Crippen molar-refractivity contribution >= 4 is 12.0 Å². The van der Waals surface area contributed by atoms with Gasteiger partial charge in [-0.05, 0) is 56.7 Å². The molecule has 0 radical (unpaired) electrons. The summed E-state index contributed by atoms with van der Waals surface area (Å²) in [6, 6.07) is 8.28. The topological polar surface area (TPSA) is 69.5 Å². The summed E-state index contributed by atoms with van der Waals surface area (Å²) in [4.78, 5) is 23.3. The Morgan fingerprint density at radius 3 is 2.75 bits per heavy atom. The molecule has 3 aromatic rings. The van der Waals surface area contributed by atoms with Gasteiger partial charge in [0.25, 0.3) is 5.91 Å². The number of hydrogen-bond acceptors (Lipinski definition) is 5. The van der Waals surface area contributed by atoms with Crippen LogP contribution in [0.4, 0.5) is 4.39 Å². The van der Waals surface area contributed by atoms with Crippen LogP contribution in [0.25, 0.3) is 11.8 Å². The number of aromatic nitrogens is 3. The van der Waals surface area contributed by atoms with E-state index in [9.17, 15) is 9.18 Å². The number of hydrogen-bond donors (Lipinski definition) is 0. The maximum atomic E-state index is 13.2. The molecular weight excluding hydrogens is 411 g/mol. The summed E-state index contributed by atoms with van der Waals surface area (Å²) < 4.78 is 26.6. The SMILES string of the molecule is COc1cc(C=C2OC(C)CN([C@H](C)c3ccc(F)cn3)C2=O)ccc1-n1cnc(C)c1. The van der Waals surface area contributed by atoms with E-state index in [1.54, 1.807) is 30.5 Å². The van der Waals surface area contributed by atoms with Crippen molar-refractivity contribution in [1.29, 1.82) is 0 Å². The third kappa shape index (κ3) is 4.34. The Morgan fingerprint density at radius 2 is 2.09 bits per heavy atom. The number of methoxy groups -OCH3 is 1. The fourth-order valence-corrected chi connectivity index (χ4v) is 3.73. The van der Waals surface area contributed by atoms with Gasteiger partial charge >= 0.3 is 0 Å². The Balaban J connectivity index is 1.62. The molecule has 0 spiro atoms. The highest BCUT2D eigenvalue weighted by Crippen LogP contribution is 2.29. The van der Waals surface area contributed by atoms with Crippen LogP contribution in [0, 0.1) is 12.7 Å². The Bertz CT molecular complexity index is 1160. The maximum Gasteiger partial charge on any atom is 0.289 e. The second-order valence-corrected chi connectivity index (χ2v) is 7.83. The van der Waals surface area contributed by atoms with E-state index in [0.717, 1.165) is 23.1 Å². The number of rotatable bonds is 5. The van der Waals surface area contributed by atoms with Crippen molar-refractivity contribution in [1.82, 2.24) is 19.4 Å². The van der Waals surface area contributed by atoms with Crippen molar-refractivity contribution in [3.05, 3.63) is 77.6 Å². The molecule has 1 saturated heterocycles. The zero-order valence-corrected chi connectivity index (χ0v) is 18.4. The van der Waals surface area contributed by atoms with Crippen LogP contribution >= 0.6 is 0 Å². The molecule has 1 unspecified atom stereocenters. The molecule has 2 aromatic heterocycles. The van der Waals surface area contributed by atoms with Gasteiger partial charge in [0.1, 0.15) is 17.7 Å². The summed E-state index contributed by atoms with van der Waals surface area (Å²) in [5.41, 5.74) is 3.14. The minimum Gasteiger partial charge on any atom is -0.495 e. The number of ether oxygens (including phenoxy) is 2. The highest BCUT2D eigenvalue weighted by Gasteiger charge is 2.33. The highest BCUT2D eigenvalue weighted by molar-refractivity contribution is 5.96. The van der Waals surface area contributed by atoms with Crippen molar-refractivity contribution in [2.24, 2.45) is 0 Å². The van der Waals surface area contributed by atoms with Gasteiger partial charge in [0, 0.05) is 6.20 Å². The third-order valence-corrected chi connectivity index (χ3v) is 5.39. The third-order valence-electron chi connectivity index (χ3n) is 5.39. The second-order valence-electron chi connectivity index (χ2n) is 7.83. The van der Waals surface area contributed by atoms with E-state index in [-0.39, 0.29) is 23.8 Å². The molecule has 0 N–H and O–H groups in total. The molecule has 8 heteroatoms. The smallest absolute Gasteiger partial charge is 0.289 e. The fraction of sp³-hybridized carbons (Fsp3) is 0.292. The molecule has 1 amide bonds. The maximum absolute atomic E-state index is 13.2. The van der Waals surface area contributed by atoms with Crippen molar-refractivity contribution in [3.8, 4) is 11.4 Å². The van der Waals surface area contributed by atoms with Crippen molar-refractivity contribution in [2.75, 3.05) is 13.7 Å². The second kappa shape index (κ2) is 8.82. The molecular formula is C24H25FN4O3. The van der Waals surface area contributed by atoms with Gasteiger partial charge in [-0.1, -0.05) is 6.07 Å². The number of imidazole rings is 1. The first-order valence-electron chi connectivity index (χ1n) is 10.4. The predicted molar refractivity (Wildman–Crippen MR) is 118 cm³/mol. The van der Waals surface area contributed by atoms with E-state index in [4.69, 9.17) is 9.47 Å². The standard InChI is InChI=1S/C24H25FN4O3/c1-15-12-28(14-27-15)21-8-5-18(9-22(21)31-4)10-23-24(30)29(13-16(2)32-23)17(3)20-7-6-19(25)11-26-20/h5-12,14,16-17H,13H2,1-4H3/t16?,17-/m1/s1. The van der Waals surface area contributed by atoms with Crippen molar-refractivity contribution < 1.29 is 18.7 Å². The van der Waals surface area contributed by atoms with Crippen molar-refractivity contribution in [3.63, 3.8) is 0 Å². The number of carbonyl (C=O) groups is 1. The molecule has 166 valence electrons. The lowest BCUT2D eigenvalue weighted by atomic mass is 10.1. The minimum atomic E-state index is -0.411. The lowest BCUT2D eigenvalue weighted by Gasteiger charge is -2.36. The molecule has 2 atom stereocenters. The van der Waals surface area contributed by atoms with Crippen LogP contribution in [-0.4, -0.2) is 45.1 Å². The molecule has 1 aliphatic heterocycles. The van der Waals surface area contributed by atoms with Crippen LogP contribution in [0.15, 0.2) is 54.8 Å². The summed E-state index contributed by atoms with van der Waals surface area (Å²) in [7, 11) is 1.60. The molecule has 4 rings (SSSR count). The zero-order valence-electron chi connectivity index (χ0n) is 18.4. The number of benzene rings is 1. The average molecular weight is 436 g/mol. The largest absolute Gasteiger partial charge is 0.495 e. The van der Waals surface area contributed by atoms with Gasteiger partial charge in [0.15, 0.2) is 5.76 Å². The van der Waals surface area contributed by atoms with Gasteiger partial charge in [-0.15, -0.1) is 0 Å². The minimum absolute atomic E-state index is 0.197. The number of pyridine rings is 1. The number of nitrogens with zero attached hydrogens (tertiary/aromatic N) is 4. The van der Waals surface area contributed by atoms with E-state index in [1.165, 1.54) is 6.07 Å². The highest BCUT2D eigenvalue weighted by atomic mass is 19.1. The van der Waals surface area contributed by atoms with E-state index in [1.807, 2.05) is 49.7 Å². The van der Waals surface area contributed by atoms with Crippen LogP contribution in [0.3, 0.4) is 0 Å². The predicted octanol–water partition coefficient (Wildman–Crippen LogP) is 4.07. The van der Waals surface area contributed by atoms with Crippen LogP contribution in [0.1, 0.15) is 36.8 Å². The van der Waals surface area contributed by atoms with Gasteiger partial charge in [-0.3, -0.25) is 9.78 Å². The summed E-state index contributed by atoms with van der Waals surface area (Å²) in [5.74, 6) is 0.237. The first kappa shape index (κ1) is 21.5. The van der Waals surface area contributed by atoms with E-state index >= 15 is 0 Å². The summed E-state index contributed by atoms with van der Waals surface area (Å²) in [5, 5.41) is 0. The van der Waals surface area contributed by atoms with Crippen LogP contribution in [0.2, 0.25) is 0 Å². The van der Waals surface area contributed by atoms with E-state index in [0.29, 0.717) is 18.0 Å². The van der Waals surface area contributed by atoms with Gasteiger partial charge < -0.3 is 18.9 Å². The Hall–Kier alpha value is -3.68. The van der Waals surface area contributed by atoms with Crippen LogP contribution < -0.4 is 4.74 Å². The molecule has 32 heavy (non-hydrogen) atoms. The molecule has 0 bridgehead atoms. The first-order valence-corrected chi connectivity index (χ1v) is 10.4. The van der Waals surface area contributed by atoms with Crippen molar-refractivity contribution in [2.45, 2.75) is 32.9 Å². The summed E-state index contributed by atoms with van der Waals surface area (Å²) in [6.07, 6.45) is 6.31. The number of aryl methyl sites for hydroxylation is 1. The van der Waals surface area contributed by atoms with Gasteiger partial charge in [0.2, 0.25) is 0 Å². The fourth-order valence-electron chi connectivity index (χ4n) is 3.73. The molecule has 3 heterocycles. The number of halogens is 1. The van der Waals surface area contributed by atoms with Crippen LogP contribution in [-0.2, 0) is 9.53 Å². The Kier molecular flexibility index (Phi) is 5.94. The number of amides is 1. The quantitative estimate of drug-likeness (QED) is 0.564. The van der Waals surface area contributed by atoms with Gasteiger partial charge in [-0.25, -0.2) is 9.37 Å². The normalized spacial score (nSPS) is 18.5. The molecule has 0 saturated carbocycles. The lowest BCUT2D eigenvalue weighted by molar-refractivity contribution is -0.141. The molecule has 0 aliphatic carbocycles. The zero-order chi connectivity index (χ0) is 22.8. The van der Waals surface area contributed by atoms with E-state index < -0.39 is 5.82 Å². The first-order chi connectivity index (χ1) is 15.4.